The molecule has 4 nitrogen and oxygen atoms in total. The van der Waals surface area contributed by atoms with Crippen molar-refractivity contribution in [1.82, 2.24) is 0 Å². The van der Waals surface area contributed by atoms with Crippen LogP contribution in [0.4, 0.5) is 0 Å². The highest BCUT2D eigenvalue weighted by Crippen LogP contribution is 2.42. The molecule has 24 heavy (non-hydrogen) atoms. The summed E-state index contributed by atoms with van der Waals surface area (Å²) in [6.45, 7) is 16.9. The minimum absolute atomic E-state index is 0.0664. The normalized spacial score (nSPS) is 21.2. The van der Waals surface area contributed by atoms with Crippen molar-refractivity contribution < 1.29 is 18.7 Å². The van der Waals surface area contributed by atoms with Crippen LogP contribution in [-0.4, -0.2) is 39.7 Å². The maximum absolute atomic E-state index is 11.3. The lowest BCUT2D eigenvalue weighted by Crippen LogP contribution is -2.48. The van der Waals surface area contributed by atoms with Crippen molar-refractivity contribution in [2.24, 2.45) is 0 Å². The van der Waals surface area contributed by atoms with Gasteiger partial charge in [0.25, 0.3) is 0 Å². The van der Waals surface area contributed by atoms with Gasteiger partial charge in [0.2, 0.25) is 0 Å². The summed E-state index contributed by atoms with van der Waals surface area (Å²) in [5.41, 5.74) is 1.86. The molecular formula is C19H36O4Si. The predicted molar refractivity (Wildman–Crippen MR) is 101 cm³/mol. The second-order valence-corrected chi connectivity index (χ2v) is 13.0. The number of carbonyl (C=O) groups excluding carboxylic acids is 1. The third-order valence-electron chi connectivity index (χ3n) is 5.02. The number of rotatable bonds is 11. The highest BCUT2D eigenvalue weighted by Gasteiger charge is 2.45. The van der Waals surface area contributed by atoms with Crippen molar-refractivity contribution >= 4 is 14.3 Å². The molecular weight excluding hydrogens is 320 g/mol. The Labute approximate surface area is 149 Å². The Morgan fingerprint density at radius 1 is 1.12 bits per heavy atom. The molecule has 1 aliphatic heterocycles. The lowest BCUT2D eigenvalue weighted by Gasteiger charge is -2.42. The van der Waals surface area contributed by atoms with Crippen molar-refractivity contribution in [3.05, 3.63) is 12.2 Å². The first-order valence-electron chi connectivity index (χ1n) is 9.40. The monoisotopic (exact) mass is 356 g/mol. The van der Waals surface area contributed by atoms with Crippen LogP contribution in [0, 0.1) is 0 Å². The van der Waals surface area contributed by atoms with E-state index < -0.39 is 8.32 Å². The summed E-state index contributed by atoms with van der Waals surface area (Å²) in [5.74, 6) is -0.295. The third kappa shape index (κ3) is 5.71. The minimum atomic E-state index is -1.75. The number of carbonyl (C=O) groups is 1. The van der Waals surface area contributed by atoms with Gasteiger partial charge in [-0.25, -0.2) is 4.79 Å². The van der Waals surface area contributed by atoms with Gasteiger partial charge in [0, 0.05) is 12.7 Å². The molecule has 1 heterocycles. The SMILES string of the molecule is CCOC(=O)/C=C/[C@H]1O[C@@H]1CCCO[Si](C(C)C)(C(C)C)C(C)C. The molecule has 1 aliphatic rings. The molecule has 0 spiro atoms. The Morgan fingerprint density at radius 3 is 2.21 bits per heavy atom. The number of epoxide rings is 1. The molecule has 0 radical (unpaired) electrons. The van der Waals surface area contributed by atoms with E-state index >= 15 is 0 Å². The minimum Gasteiger partial charge on any atom is -0.463 e. The van der Waals surface area contributed by atoms with Gasteiger partial charge in [-0.1, -0.05) is 41.5 Å². The molecule has 1 rings (SSSR count). The van der Waals surface area contributed by atoms with Gasteiger partial charge in [-0.3, -0.25) is 0 Å². The maximum Gasteiger partial charge on any atom is 0.330 e. The van der Waals surface area contributed by atoms with Crippen LogP contribution < -0.4 is 0 Å². The van der Waals surface area contributed by atoms with Crippen molar-refractivity contribution in [2.45, 2.75) is 90.1 Å². The zero-order valence-corrected chi connectivity index (χ0v) is 17.5. The Morgan fingerprint density at radius 2 is 1.71 bits per heavy atom. The number of esters is 1. The highest BCUT2D eigenvalue weighted by atomic mass is 28.4. The van der Waals surface area contributed by atoms with Crippen LogP contribution in [0.25, 0.3) is 0 Å². The predicted octanol–water partition coefficient (Wildman–Crippen LogP) is 4.85. The van der Waals surface area contributed by atoms with Crippen LogP contribution in [0.15, 0.2) is 12.2 Å². The lowest BCUT2D eigenvalue weighted by molar-refractivity contribution is -0.137. The molecule has 2 atom stereocenters. The molecule has 0 unspecified atom stereocenters. The zero-order valence-electron chi connectivity index (χ0n) is 16.5. The molecule has 140 valence electrons. The molecule has 0 aromatic rings. The molecule has 0 saturated carbocycles. The summed E-state index contributed by atoms with van der Waals surface area (Å²) in [6.07, 6.45) is 5.56. The van der Waals surface area contributed by atoms with Crippen LogP contribution in [-0.2, 0) is 18.7 Å². The van der Waals surface area contributed by atoms with E-state index in [0.29, 0.717) is 23.2 Å². The summed E-state index contributed by atoms with van der Waals surface area (Å²) in [6, 6.07) is 0. The van der Waals surface area contributed by atoms with Crippen LogP contribution in [0.3, 0.4) is 0 Å². The van der Waals surface area contributed by atoms with Crippen LogP contribution >= 0.6 is 0 Å². The first-order valence-corrected chi connectivity index (χ1v) is 11.5. The molecule has 0 aliphatic carbocycles. The second kappa shape index (κ2) is 9.73. The van der Waals surface area contributed by atoms with Gasteiger partial charge >= 0.3 is 5.97 Å². The Balaban J connectivity index is 2.34. The fourth-order valence-electron chi connectivity index (χ4n) is 3.96. The molecule has 5 heteroatoms. The average Bonchev–Trinajstić information content (AvgIpc) is 3.23. The summed E-state index contributed by atoms with van der Waals surface area (Å²) in [5, 5.41) is 0. The maximum atomic E-state index is 11.3. The van der Waals surface area contributed by atoms with Gasteiger partial charge in [-0.15, -0.1) is 0 Å². The number of hydrogen-bond acceptors (Lipinski definition) is 4. The standard InChI is InChI=1S/C19H36O4Si/c1-8-21-19(20)12-11-18-17(23-18)10-9-13-22-24(14(2)3,15(4)5)16(6)7/h11-12,14-18H,8-10,13H2,1-7H3/b12-11+/t17-,18-/m1/s1. The van der Waals surface area contributed by atoms with E-state index in [1.54, 1.807) is 13.0 Å². The molecule has 0 aromatic heterocycles. The van der Waals surface area contributed by atoms with E-state index in [1.165, 1.54) is 6.08 Å². The number of ether oxygens (including phenoxy) is 2. The van der Waals surface area contributed by atoms with Gasteiger partial charge in [0.15, 0.2) is 8.32 Å². The first-order chi connectivity index (χ1) is 11.3. The average molecular weight is 357 g/mol. The Hall–Kier alpha value is -0.653. The fourth-order valence-corrected chi connectivity index (χ4v) is 9.45. The van der Waals surface area contributed by atoms with Crippen LogP contribution in [0.5, 0.6) is 0 Å². The third-order valence-corrected chi connectivity index (χ3v) is 11.1. The molecule has 0 N–H and O–H groups in total. The topological polar surface area (TPSA) is 48.1 Å². The summed E-state index contributed by atoms with van der Waals surface area (Å²) in [7, 11) is -1.75. The van der Waals surface area contributed by atoms with Crippen molar-refractivity contribution in [3.63, 3.8) is 0 Å². The molecule has 0 amide bonds. The summed E-state index contributed by atoms with van der Waals surface area (Å²) in [4.78, 5) is 11.3. The lowest BCUT2D eigenvalue weighted by atomic mass is 10.2. The molecule has 0 bridgehead atoms. The van der Waals surface area contributed by atoms with Gasteiger partial charge in [-0.05, 0) is 42.5 Å². The summed E-state index contributed by atoms with van der Waals surface area (Å²) < 4.78 is 17.0. The Kier molecular flexibility index (Phi) is 8.67. The summed E-state index contributed by atoms with van der Waals surface area (Å²) >= 11 is 0. The van der Waals surface area contributed by atoms with Crippen LogP contribution in [0.1, 0.15) is 61.3 Å². The van der Waals surface area contributed by atoms with Gasteiger partial charge < -0.3 is 13.9 Å². The molecule has 1 saturated heterocycles. The quantitative estimate of drug-likeness (QED) is 0.175. The van der Waals surface area contributed by atoms with Crippen molar-refractivity contribution in [2.75, 3.05) is 13.2 Å². The smallest absolute Gasteiger partial charge is 0.330 e. The fraction of sp³-hybridized carbons (Fsp3) is 0.842. The zero-order chi connectivity index (χ0) is 18.3. The van der Waals surface area contributed by atoms with E-state index in [-0.39, 0.29) is 18.2 Å². The van der Waals surface area contributed by atoms with E-state index in [9.17, 15) is 4.79 Å². The van der Waals surface area contributed by atoms with Gasteiger partial charge in [0.1, 0.15) is 6.10 Å². The Bertz CT molecular complexity index is 396. The van der Waals surface area contributed by atoms with Gasteiger partial charge in [0.05, 0.1) is 12.7 Å². The molecule has 1 fully saturated rings. The van der Waals surface area contributed by atoms with Gasteiger partial charge in [-0.2, -0.15) is 0 Å². The molecule has 0 aromatic carbocycles. The van der Waals surface area contributed by atoms with Crippen molar-refractivity contribution in [3.8, 4) is 0 Å². The van der Waals surface area contributed by atoms with E-state index in [4.69, 9.17) is 13.9 Å². The number of hydrogen-bond donors (Lipinski definition) is 0. The van der Waals surface area contributed by atoms with E-state index in [0.717, 1.165) is 19.4 Å². The van der Waals surface area contributed by atoms with E-state index in [2.05, 4.69) is 41.5 Å². The largest absolute Gasteiger partial charge is 0.463 e. The highest BCUT2D eigenvalue weighted by molar-refractivity contribution is 6.77. The van der Waals surface area contributed by atoms with E-state index in [1.807, 2.05) is 0 Å². The first kappa shape index (κ1) is 21.4. The van der Waals surface area contributed by atoms with Crippen LogP contribution in [0.2, 0.25) is 16.6 Å². The van der Waals surface area contributed by atoms with Crippen molar-refractivity contribution in [1.29, 1.82) is 0 Å². The second-order valence-electron chi connectivity index (χ2n) is 7.56.